The Balaban J connectivity index is 1.20. The zero-order valence-corrected chi connectivity index (χ0v) is 28.4. The summed E-state index contributed by atoms with van der Waals surface area (Å²) >= 11 is 6.46. The van der Waals surface area contributed by atoms with Gasteiger partial charge in [0.1, 0.15) is 23.8 Å². The van der Waals surface area contributed by atoms with E-state index >= 15 is 0 Å². The Morgan fingerprint density at radius 2 is 1.90 bits per heavy atom. The van der Waals surface area contributed by atoms with Crippen molar-refractivity contribution in [2.45, 2.75) is 95.0 Å². The van der Waals surface area contributed by atoms with E-state index in [1.807, 2.05) is 48.0 Å². The minimum Gasteiger partial charge on any atom is -0.446 e. The number of pyridine rings is 1. The number of fused-ring (bicyclic) bond motifs is 2. The number of amides is 2. The molecule has 0 spiro atoms. The van der Waals surface area contributed by atoms with Crippen LogP contribution in [0.2, 0.25) is 5.02 Å². The molecule has 4 aliphatic rings. The maximum absolute atomic E-state index is 14.7. The van der Waals surface area contributed by atoms with Crippen LogP contribution >= 0.6 is 11.6 Å². The number of nitrogens with zero attached hydrogens (tertiary/aromatic N) is 6. The smallest absolute Gasteiger partial charge is 0.410 e. The first-order valence-corrected chi connectivity index (χ1v) is 17.8. The van der Waals surface area contributed by atoms with Crippen LogP contribution in [0.25, 0.3) is 0 Å². The van der Waals surface area contributed by atoms with Gasteiger partial charge in [-0.1, -0.05) is 24.1 Å². The summed E-state index contributed by atoms with van der Waals surface area (Å²) in [6, 6.07) is 8.58. The van der Waals surface area contributed by atoms with Gasteiger partial charge in [0.15, 0.2) is 0 Å². The maximum Gasteiger partial charge on any atom is 0.410 e. The molecule has 0 bridgehead atoms. The van der Waals surface area contributed by atoms with E-state index < -0.39 is 17.7 Å². The quantitative estimate of drug-likeness (QED) is 0.309. The first-order chi connectivity index (χ1) is 23.2. The molecule has 11 nitrogen and oxygen atoms in total. The topological polar surface area (TPSA) is 115 Å². The molecule has 2 aliphatic heterocycles. The number of imidazole rings is 1. The van der Waals surface area contributed by atoms with Gasteiger partial charge in [0.05, 0.1) is 25.1 Å². The van der Waals surface area contributed by atoms with Gasteiger partial charge in [-0.25, -0.2) is 9.78 Å². The van der Waals surface area contributed by atoms with Crippen LogP contribution in [0.4, 0.5) is 4.79 Å². The lowest BCUT2D eigenvalue weighted by atomic mass is 9.91. The lowest BCUT2D eigenvalue weighted by molar-refractivity contribution is -0.911. The van der Waals surface area contributed by atoms with E-state index in [1.54, 1.807) is 22.3 Å². The second kappa shape index (κ2) is 13.7. The number of carbonyl (C=O) groups excluding carboxylic acids is 2. The van der Waals surface area contributed by atoms with Crippen molar-refractivity contribution in [1.29, 1.82) is 0 Å². The third-order valence-corrected chi connectivity index (χ3v) is 10.9. The van der Waals surface area contributed by atoms with Gasteiger partial charge < -0.3 is 19.3 Å². The third kappa shape index (κ3) is 6.77. The summed E-state index contributed by atoms with van der Waals surface area (Å²) in [5, 5.41) is 23.6. The number of benzene rings is 1. The Bertz CT molecular complexity index is 1660. The summed E-state index contributed by atoms with van der Waals surface area (Å²) in [5.41, 5.74) is 3.65. The van der Waals surface area contributed by atoms with Crippen LogP contribution in [0.1, 0.15) is 79.1 Å². The Hall–Kier alpha value is -3.67. The lowest BCUT2D eigenvalue weighted by Gasteiger charge is -2.46. The van der Waals surface area contributed by atoms with Crippen LogP contribution in [0.5, 0.6) is 0 Å². The van der Waals surface area contributed by atoms with Gasteiger partial charge in [-0.3, -0.25) is 19.8 Å². The molecule has 0 radical (unpaired) electrons. The zero-order chi connectivity index (χ0) is 33.4. The van der Waals surface area contributed by atoms with Crippen molar-refractivity contribution in [2.24, 2.45) is 0 Å². The predicted molar refractivity (Wildman–Crippen MR) is 178 cm³/mol. The van der Waals surface area contributed by atoms with Gasteiger partial charge in [-0.2, -0.15) is 0 Å². The number of likely N-dealkylation sites (tertiary alicyclic amines) is 1. The number of carbonyl (C=O) groups is 2. The first-order valence-electron chi connectivity index (χ1n) is 17.4. The Morgan fingerprint density at radius 1 is 1.08 bits per heavy atom. The lowest BCUT2D eigenvalue weighted by Crippen LogP contribution is -2.64. The highest BCUT2D eigenvalue weighted by molar-refractivity contribution is 6.30. The number of ether oxygens (including phenoxy) is 1. The molecule has 48 heavy (non-hydrogen) atoms. The van der Waals surface area contributed by atoms with E-state index in [2.05, 4.69) is 9.88 Å². The number of aromatic nitrogens is 3. The van der Waals surface area contributed by atoms with Crippen molar-refractivity contribution in [3.63, 3.8) is 0 Å². The second-order valence-corrected chi connectivity index (χ2v) is 14.6. The van der Waals surface area contributed by atoms with Gasteiger partial charge in [-0.05, 0) is 87.6 Å². The van der Waals surface area contributed by atoms with E-state index in [0.29, 0.717) is 44.0 Å². The van der Waals surface area contributed by atoms with E-state index in [9.17, 15) is 19.9 Å². The molecule has 1 saturated carbocycles. The van der Waals surface area contributed by atoms with Gasteiger partial charge >= 0.3 is 6.09 Å². The van der Waals surface area contributed by atoms with Crippen molar-refractivity contribution < 1.29 is 29.4 Å². The number of hydrogen-bond donors (Lipinski definition) is 2. The van der Waals surface area contributed by atoms with Crippen LogP contribution in [0.3, 0.4) is 0 Å². The first kappa shape index (κ1) is 32.9. The van der Waals surface area contributed by atoms with E-state index in [0.717, 1.165) is 73.0 Å². The van der Waals surface area contributed by atoms with Crippen molar-refractivity contribution >= 4 is 23.6 Å². The van der Waals surface area contributed by atoms with Gasteiger partial charge in [0.2, 0.25) is 12.1 Å². The summed E-state index contributed by atoms with van der Waals surface area (Å²) in [4.78, 5) is 38.4. The predicted octanol–water partition coefficient (Wildman–Crippen LogP) is 4.07. The molecular weight excluding hydrogens is 632 g/mol. The molecule has 3 fully saturated rings. The average molecular weight is 678 g/mol. The molecule has 1 unspecified atom stereocenters. The van der Waals surface area contributed by atoms with Crippen LogP contribution in [0.15, 0.2) is 49.1 Å². The normalized spacial score (nSPS) is 25.2. The number of piperidine rings is 1. The van der Waals surface area contributed by atoms with Gasteiger partial charge in [0, 0.05) is 53.8 Å². The number of aliphatic hydroxyl groups is 1. The van der Waals surface area contributed by atoms with Gasteiger partial charge in [-0.15, -0.1) is 0 Å². The zero-order valence-electron chi connectivity index (χ0n) is 27.6. The molecule has 2 N–H and O–H groups in total. The fraction of sp³-hybridized carbons (Fsp3) is 0.556. The number of rotatable bonds is 5. The van der Waals surface area contributed by atoms with Gasteiger partial charge in [0.25, 0.3) is 5.69 Å². The number of halogens is 1. The average Bonchev–Trinajstić information content (AvgIpc) is 3.40. The van der Waals surface area contributed by atoms with Crippen LogP contribution in [0, 0.1) is 6.92 Å². The minimum atomic E-state index is -1.12. The van der Waals surface area contributed by atoms with Crippen LogP contribution < -0.4 is 4.73 Å². The molecule has 3 aromatic rings. The fourth-order valence-corrected chi connectivity index (χ4v) is 8.50. The highest BCUT2D eigenvalue weighted by atomic mass is 35.5. The molecule has 12 heteroatoms. The molecule has 2 aliphatic carbocycles. The van der Waals surface area contributed by atoms with Crippen LogP contribution in [-0.2, 0) is 28.9 Å². The Kier molecular flexibility index (Phi) is 9.37. The molecule has 2 saturated heterocycles. The van der Waals surface area contributed by atoms with Crippen LogP contribution in [-0.4, -0.2) is 97.0 Å². The molecule has 1 aromatic carbocycles. The Labute approximate surface area is 286 Å². The number of piperazine rings is 1. The Morgan fingerprint density at radius 3 is 2.69 bits per heavy atom. The van der Waals surface area contributed by atoms with E-state index in [4.69, 9.17) is 16.3 Å². The molecular formula is C36H46ClN6O5+. The minimum absolute atomic E-state index is 0.141. The van der Waals surface area contributed by atoms with Crippen molar-refractivity contribution in [1.82, 2.24) is 24.3 Å². The molecule has 2 amide bonds. The van der Waals surface area contributed by atoms with E-state index in [1.165, 1.54) is 4.73 Å². The van der Waals surface area contributed by atoms with Crippen molar-refractivity contribution in [2.75, 3.05) is 32.7 Å². The summed E-state index contributed by atoms with van der Waals surface area (Å²) in [7, 11) is 0. The highest BCUT2D eigenvalue weighted by Crippen LogP contribution is 2.38. The summed E-state index contributed by atoms with van der Waals surface area (Å²) in [6.07, 6.45) is 12.2. The summed E-state index contributed by atoms with van der Waals surface area (Å²) < 4.78 is 9.12. The number of β-amino-alcohol motifs (C(OH)–C–C–N with tert-alkyl or cyclic N) is 1. The monoisotopic (exact) mass is 677 g/mol. The molecule has 256 valence electrons. The largest absolute Gasteiger partial charge is 0.446 e. The van der Waals surface area contributed by atoms with Crippen molar-refractivity contribution in [3.05, 3.63) is 82.2 Å². The molecule has 3 atom stereocenters. The fourth-order valence-electron chi connectivity index (χ4n) is 8.31. The maximum atomic E-state index is 14.7. The highest BCUT2D eigenvalue weighted by Gasteiger charge is 2.46. The second-order valence-electron chi connectivity index (χ2n) is 14.1. The molecule has 4 heterocycles. The van der Waals surface area contributed by atoms with Crippen molar-refractivity contribution in [3.8, 4) is 0 Å². The SMILES string of the molecule is Cc1cn(CC2(O)CCCN(C(=O)[C@H]3CN([C@H]4c5ccc(Cl)cc5CCc5ccc[n+](O)c54)CCN3C(=O)OC3CCCCC3)C2)cn1. The summed E-state index contributed by atoms with van der Waals surface area (Å²) in [5.74, 6) is -0.199. The summed E-state index contributed by atoms with van der Waals surface area (Å²) in [6.45, 7) is 3.92. The third-order valence-electron chi connectivity index (χ3n) is 10.6. The number of aryl methyl sites for hydroxylation is 3. The molecule has 2 aromatic heterocycles. The van der Waals surface area contributed by atoms with E-state index in [-0.39, 0.29) is 31.1 Å². The standard InChI is InChI=1S/C36H46ClN6O5/c1-25-20-39(24-38-25)22-36(46)14-6-15-41(23-36)34(44)31-21-40(17-18-42(31)35(45)48-29-8-3-2-4-9-29)33-30-13-12-28(37)19-27(30)11-10-26-7-5-16-43(47)32(26)33/h5,7,12-13,16,19-20,24,29,31,33,46-47H,2-4,6,8-11,14-15,17-18,21-23H2,1H3/q+1/t31-,33+,36?/m1/s1. The molecule has 7 rings (SSSR count). The number of hydrogen-bond acceptors (Lipinski definition) is 7.